The van der Waals surface area contributed by atoms with Crippen molar-refractivity contribution in [3.8, 4) is 0 Å². The van der Waals surface area contributed by atoms with E-state index in [1.807, 2.05) is 30.3 Å². The lowest BCUT2D eigenvalue weighted by molar-refractivity contribution is 0.324. The van der Waals surface area contributed by atoms with E-state index in [4.69, 9.17) is 0 Å². The van der Waals surface area contributed by atoms with Crippen LogP contribution in [0.3, 0.4) is 0 Å². The summed E-state index contributed by atoms with van der Waals surface area (Å²) in [5.41, 5.74) is 0.996. The Balaban J connectivity index is 2.56. The molecule has 0 N–H and O–H groups in total. The molecule has 0 aliphatic rings. The van der Waals surface area contributed by atoms with Crippen LogP contribution in [-0.2, 0) is 14.3 Å². The van der Waals surface area contributed by atoms with Crippen molar-refractivity contribution in [2.75, 3.05) is 12.9 Å². The fourth-order valence-electron chi connectivity index (χ4n) is 0.941. The summed E-state index contributed by atoms with van der Waals surface area (Å²) in [5.74, 6) is 0. The van der Waals surface area contributed by atoms with Crippen LogP contribution in [0, 0.1) is 0 Å². The van der Waals surface area contributed by atoms with Gasteiger partial charge in [-0.05, 0) is 5.56 Å². The molecule has 0 aromatic heterocycles. The summed E-state index contributed by atoms with van der Waals surface area (Å²) in [6.07, 6.45) is 1.04. The highest BCUT2D eigenvalue weighted by molar-refractivity contribution is 9.09. The molecule has 1 rings (SSSR count). The number of halogens is 1. The molecule has 1 unspecified atom stereocenters. The number of rotatable bonds is 4. The van der Waals surface area contributed by atoms with E-state index in [0.29, 0.717) is 0 Å². The fraction of sp³-hybridized carbons (Fsp3) is 0.333. The second-order valence-electron chi connectivity index (χ2n) is 2.87. The lowest BCUT2D eigenvalue weighted by Gasteiger charge is -2.08. The molecule has 1 aromatic carbocycles. The lowest BCUT2D eigenvalue weighted by atomic mass is 10.2. The van der Waals surface area contributed by atoms with E-state index in [1.165, 1.54) is 0 Å². The summed E-state index contributed by atoms with van der Waals surface area (Å²) >= 11 is 3.35. The summed E-state index contributed by atoms with van der Waals surface area (Å²) in [5, 5.41) is 0. The van der Waals surface area contributed by atoms with Gasteiger partial charge in [-0.3, -0.25) is 4.18 Å². The Morgan fingerprint density at radius 3 is 2.43 bits per heavy atom. The highest BCUT2D eigenvalue weighted by atomic mass is 79.9. The molecule has 0 aliphatic heterocycles. The minimum Gasteiger partial charge on any atom is -0.269 e. The van der Waals surface area contributed by atoms with Crippen LogP contribution >= 0.6 is 15.9 Å². The van der Waals surface area contributed by atoms with Crippen molar-refractivity contribution in [2.24, 2.45) is 0 Å². The van der Waals surface area contributed by atoms with Crippen LogP contribution in [0.2, 0.25) is 0 Å². The highest BCUT2D eigenvalue weighted by Gasteiger charge is 2.10. The molecule has 1 atom stereocenters. The standard InChI is InChI=1S/C9H11BrO3S/c1-14(11,12)13-7-9(10)8-5-3-2-4-6-8/h2-6,9H,7H2,1H3. The molecular weight excluding hydrogens is 268 g/mol. The number of benzene rings is 1. The van der Waals surface area contributed by atoms with Crippen molar-refractivity contribution in [3.05, 3.63) is 35.9 Å². The first kappa shape index (κ1) is 11.7. The Labute approximate surface area is 92.3 Å². The molecule has 5 heteroatoms. The molecular formula is C9H11BrO3S. The molecule has 0 heterocycles. The summed E-state index contributed by atoms with van der Waals surface area (Å²) in [7, 11) is -3.36. The first-order valence-electron chi connectivity index (χ1n) is 4.02. The number of hydrogen-bond donors (Lipinski definition) is 0. The van der Waals surface area contributed by atoms with Gasteiger partial charge in [0.05, 0.1) is 17.7 Å². The second-order valence-corrected chi connectivity index (χ2v) is 5.62. The maximum atomic E-state index is 10.7. The van der Waals surface area contributed by atoms with Crippen molar-refractivity contribution in [3.63, 3.8) is 0 Å². The maximum absolute atomic E-state index is 10.7. The molecule has 3 nitrogen and oxygen atoms in total. The third-order valence-corrected chi connectivity index (χ3v) is 2.95. The van der Waals surface area contributed by atoms with Crippen LogP contribution in [-0.4, -0.2) is 21.3 Å². The van der Waals surface area contributed by atoms with Gasteiger partial charge in [0.25, 0.3) is 10.1 Å². The number of hydrogen-bond acceptors (Lipinski definition) is 3. The zero-order valence-electron chi connectivity index (χ0n) is 7.68. The minimum atomic E-state index is -3.36. The Morgan fingerprint density at radius 1 is 1.36 bits per heavy atom. The van der Waals surface area contributed by atoms with E-state index >= 15 is 0 Å². The Morgan fingerprint density at radius 2 is 1.93 bits per heavy atom. The van der Waals surface area contributed by atoms with Crippen molar-refractivity contribution >= 4 is 26.0 Å². The average Bonchev–Trinajstić information content (AvgIpc) is 2.14. The predicted octanol–water partition coefficient (Wildman–Crippen LogP) is 2.10. The van der Waals surface area contributed by atoms with Crippen molar-refractivity contribution in [1.29, 1.82) is 0 Å². The average molecular weight is 279 g/mol. The molecule has 0 fully saturated rings. The third-order valence-electron chi connectivity index (χ3n) is 1.59. The molecule has 0 saturated heterocycles. The monoisotopic (exact) mass is 278 g/mol. The van der Waals surface area contributed by atoms with Gasteiger partial charge in [-0.2, -0.15) is 8.42 Å². The highest BCUT2D eigenvalue weighted by Crippen LogP contribution is 2.22. The molecule has 14 heavy (non-hydrogen) atoms. The molecule has 0 saturated carbocycles. The topological polar surface area (TPSA) is 43.4 Å². The maximum Gasteiger partial charge on any atom is 0.264 e. The summed E-state index contributed by atoms with van der Waals surface area (Å²) in [6.45, 7) is 0.114. The van der Waals surface area contributed by atoms with E-state index in [2.05, 4.69) is 20.1 Å². The van der Waals surface area contributed by atoms with Gasteiger partial charge in [0.15, 0.2) is 0 Å². The van der Waals surface area contributed by atoms with E-state index in [-0.39, 0.29) is 11.4 Å². The van der Waals surface area contributed by atoms with Gasteiger partial charge in [0.2, 0.25) is 0 Å². The Kier molecular flexibility index (Phi) is 4.10. The molecule has 0 bridgehead atoms. The van der Waals surface area contributed by atoms with Crippen LogP contribution in [0.25, 0.3) is 0 Å². The largest absolute Gasteiger partial charge is 0.269 e. The molecule has 0 aliphatic carbocycles. The molecule has 0 spiro atoms. The SMILES string of the molecule is CS(=O)(=O)OCC(Br)c1ccccc1. The van der Waals surface area contributed by atoms with Crippen LogP contribution < -0.4 is 0 Å². The smallest absolute Gasteiger partial charge is 0.264 e. The molecule has 0 radical (unpaired) electrons. The van der Waals surface area contributed by atoms with Gasteiger partial charge in [0.1, 0.15) is 0 Å². The normalized spacial score (nSPS) is 13.9. The van der Waals surface area contributed by atoms with E-state index < -0.39 is 10.1 Å². The molecule has 78 valence electrons. The van der Waals surface area contributed by atoms with Crippen LogP contribution in [0.15, 0.2) is 30.3 Å². The lowest BCUT2D eigenvalue weighted by Crippen LogP contribution is -2.08. The summed E-state index contributed by atoms with van der Waals surface area (Å²) in [4.78, 5) is -0.0987. The first-order valence-corrected chi connectivity index (χ1v) is 6.75. The van der Waals surface area contributed by atoms with Gasteiger partial charge < -0.3 is 0 Å². The molecule has 0 amide bonds. The van der Waals surface area contributed by atoms with Crippen molar-refractivity contribution in [2.45, 2.75) is 4.83 Å². The van der Waals surface area contributed by atoms with E-state index in [1.54, 1.807) is 0 Å². The van der Waals surface area contributed by atoms with Crippen molar-refractivity contribution < 1.29 is 12.6 Å². The molecule has 1 aromatic rings. The van der Waals surface area contributed by atoms with E-state index in [9.17, 15) is 8.42 Å². The van der Waals surface area contributed by atoms with Gasteiger partial charge in [-0.1, -0.05) is 46.3 Å². The summed E-state index contributed by atoms with van der Waals surface area (Å²) in [6, 6.07) is 9.50. The van der Waals surface area contributed by atoms with Gasteiger partial charge >= 0.3 is 0 Å². The van der Waals surface area contributed by atoms with Crippen molar-refractivity contribution in [1.82, 2.24) is 0 Å². The van der Waals surface area contributed by atoms with Gasteiger partial charge in [0, 0.05) is 0 Å². The predicted molar refractivity (Wildman–Crippen MR) is 58.9 cm³/mol. The first-order chi connectivity index (χ1) is 6.49. The van der Waals surface area contributed by atoms with Crippen LogP contribution in [0.1, 0.15) is 10.4 Å². The van der Waals surface area contributed by atoms with Crippen LogP contribution in [0.5, 0.6) is 0 Å². The fourth-order valence-corrected chi connectivity index (χ4v) is 1.94. The van der Waals surface area contributed by atoms with Gasteiger partial charge in [-0.15, -0.1) is 0 Å². The second kappa shape index (κ2) is 4.91. The zero-order chi connectivity index (χ0) is 10.6. The Bertz CT molecular complexity index is 374. The number of alkyl halides is 1. The third kappa shape index (κ3) is 4.21. The quantitative estimate of drug-likeness (QED) is 0.626. The summed E-state index contributed by atoms with van der Waals surface area (Å²) < 4.78 is 26.1. The van der Waals surface area contributed by atoms with E-state index in [0.717, 1.165) is 11.8 Å². The van der Waals surface area contributed by atoms with Crippen LogP contribution in [0.4, 0.5) is 0 Å². The Hall–Kier alpha value is -0.390. The minimum absolute atomic E-state index is 0.0987. The van der Waals surface area contributed by atoms with Gasteiger partial charge in [-0.25, -0.2) is 0 Å². The zero-order valence-corrected chi connectivity index (χ0v) is 10.1.